The molecule has 14 nitrogen and oxygen atoms in total. The molecule has 0 spiro atoms. The van der Waals surface area contributed by atoms with E-state index >= 15 is 0 Å². The van der Waals surface area contributed by atoms with Crippen LogP contribution < -0.4 is 31.9 Å². The van der Waals surface area contributed by atoms with E-state index < -0.39 is 66.1 Å². The molecule has 6 amide bonds. The molecule has 2 aromatic carbocycles. The molecule has 3 heterocycles. The van der Waals surface area contributed by atoms with Crippen molar-refractivity contribution in [2.45, 2.75) is 69.5 Å². The van der Waals surface area contributed by atoms with Gasteiger partial charge in [-0.15, -0.1) is 11.3 Å². The van der Waals surface area contributed by atoms with Crippen LogP contribution in [0.5, 0.6) is 0 Å². The minimum absolute atomic E-state index is 0.0476. The maximum absolute atomic E-state index is 13.8. The molecule has 1 aromatic heterocycles. The van der Waals surface area contributed by atoms with Crippen molar-refractivity contribution in [1.29, 1.82) is 0 Å². The van der Waals surface area contributed by atoms with Crippen LogP contribution in [0, 0.1) is 0 Å². The second-order valence-electron chi connectivity index (χ2n) is 12.1. The molecule has 15 heteroatoms. The zero-order chi connectivity index (χ0) is 36.6. The number of amides is 6. The van der Waals surface area contributed by atoms with Gasteiger partial charge in [-0.1, -0.05) is 48.5 Å². The maximum Gasteiger partial charge on any atom is 0.303 e. The van der Waals surface area contributed by atoms with Crippen molar-refractivity contribution in [2.75, 3.05) is 18.4 Å². The standard InChI is InChI=1S/C36H42N6O8S/c43-30-16-17-31(44)41-29(21-26-8-5-19-51-26)35(49)38-22-32(45)40-27(15-12-23-6-2-1-3-7-23)36(50)42-28(34(48)37-18-4-9-33(46)47)20-24-10-13-25(39-30)14-11-24/h1-3,5-8,10-11,13-14,19,27-29H,4,9,12,15-18,20-22H2,(H,37,48)(H,38,49)(H,39,43)(H,40,45)(H,41,44)(H,42,50)(H,46,47)/t27-,28+,29-/m1/s1. The summed E-state index contributed by atoms with van der Waals surface area (Å²) in [5, 5.41) is 26.9. The van der Waals surface area contributed by atoms with Crippen molar-refractivity contribution in [3.05, 3.63) is 88.1 Å². The molecular formula is C36H42N6O8S. The van der Waals surface area contributed by atoms with Crippen LogP contribution in [-0.2, 0) is 52.8 Å². The fourth-order valence-corrected chi connectivity index (χ4v) is 6.08. The van der Waals surface area contributed by atoms with E-state index in [-0.39, 0.29) is 51.5 Å². The normalized spacial score (nSPS) is 19.4. The van der Waals surface area contributed by atoms with Crippen LogP contribution in [0.1, 0.15) is 48.1 Å². The van der Waals surface area contributed by atoms with Gasteiger partial charge in [0.05, 0.1) is 6.54 Å². The van der Waals surface area contributed by atoms with Gasteiger partial charge in [0.1, 0.15) is 18.1 Å². The lowest BCUT2D eigenvalue weighted by atomic mass is 10.0. The zero-order valence-electron chi connectivity index (χ0n) is 27.9. The van der Waals surface area contributed by atoms with E-state index in [9.17, 15) is 33.6 Å². The Balaban J connectivity index is 1.58. The minimum atomic E-state index is -1.09. The Labute approximate surface area is 299 Å². The lowest BCUT2D eigenvalue weighted by Gasteiger charge is -2.24. The molecule has 51 heavy (non-hydrogen) atoms. The van der Waals surface area contributed by atoms with Crippen LogP contribution in [-0.4, -0.2) is 77.7 Å². The lowest BCUT2D eigenvalue weighted by molar-refractivity contribution is -0.137. The number of anilines is 1. The molecule has 0 saturated carbocycles. The topological polar surface area (TPSA) is 212 Å². The predicted molar refractivity (Wildman–Crippen MR) is 189 cm³/mol. The summed E-state index contributed by atoms with van der Waals surface area (Å²) in [6.07, 6.45) is 0.514. The van der Waals surface area contributed by atoms with Gasteiger partial charge in [0, 0.05) is 49.2 Å². The molecule has 270 valence electrons. The average Bonchev–Trinajstić information content (AvgIpc) is 3.63. The van der Waals surface area contributed by atoms with Crippen molar-refractivity contribution in [3.63, 3.8) is 0 Å². The summed E-state index contributed by atoms with van der Waals surface area (Å²) < 4.78 is 0. The molecule has 7 N–H and O–H groups in total. The highest BCUT2D eigenvalue weighted by Gasteiger charge is 2.28. The SMILES string of the molecule is O=C(O)CCCNC(=O)[C@@H]1Cc2ccc(cc2)NC(=O)CCC(=O)N[C@H](Cc2cccs2)C(=O)NCC(=O)N[C@H](CCc2ccccc2)C(=O)N1. The first-order chi connectivity index (χ1) is 24.5. The van der Waals surface area contributed by atoms with Crippen LogP contribution in [0.15, 0.2) is 72.1 Å². The third kappa shape index (κ3) is 13.3. The Morgan fingerprint density at radius 3 is 2.24 bits per heavy atom. The smallest absolute Gasteiger partial charge is 0.303 e. The summed E-state index contributed by atoms with van der Waals surface area (Å²) in [5.41, 5.74) is 2.02. The van der Waals surface area contributed by atoms with Crippen molar-refractivity contribution in [1.82, 2.24) is 26.6 Å². The average molecular weight is 719 g/mol. The Morgan fingerprint density at radius 2 is 1.53 bits per heavy atom. The lowest BCUT2D eigenvalue weighted by Crippen LogP contribution is -2.56. The minimum Gasteiger partial charge on any atom is -0.481 e. The Hall–Kier alpha value is -5.57. The first-order valence-electron chi connectivity index (χ1n) is 16.7. The summed E-state index contributed by atoms with van der Waals surface area (Å²) in [7, 11) is 0. The van der Waals surface area contributed by atoms with E-state index in [4.69, 9.17) is 5.11 Å². The number of hydrogen-bond acceptors (Lipinski definition) is 8. The number of carboxylic acids is 1. The van der Waals surface area contributed by atoms with Crippen LogP contribution >= 0.6 is 11.3 Å². The number of nitrogens with one attached hydrogen (secondary N) is 6. The summed E-state index contributed by atoms with van der Waals surface area (Å²) in [6, 6.07) is 16.4. The maximum atomic E-state index is 13.8. The van der Waals surface area contributed by atoms with Crippen LogP contribution in [0.4, 0.5) is 5.69 Å². The van der Waals surface area contributed by atoms with Crippen LogP contribution in [0.25, 0.3) is 0 Å². The third-order valence-electron chi connectivity index (χ3n) is 8.03. The van der Waals surface area contributed by atoms with Gasteiger partial charge >= 0.3 is 5.97 Å². The van der Waals surface area contributed by atoms with Crippen molar-refractivity contribution < 1.29 is 38.7 Å². The fraction of sp³-hybridized carbons (Fsp3) is 0.361. The highest BCUT2D eigenvalue weighted by atomic mass is 32.1. The fourth-order valence-electron chi connectivity index (χ4n) is 5.33. The number of carbonyl (C=O) groups is 7. The summed E-state index contributed by atoms with van der Waals surface area (Å²) in [5.74, 6) is -4.40. The highest BCUT2D eigenvalue weighted by Crippen LogP contribution is 2.14. The molecule has 2 aliphatic heterocycles. The molecule has 5 rings (SSSR count). The molecule has 0 saturated heterocycles. The van der Waals surface area contributed by atoms with Crippen LogP contribution in [0.3, 0.4) is 0 Å². The van der Waals surface area contributed by atoms with Gasteiger partial charge in [-0.05, 0) is 54.0 Å². The molecule has 3 aromatic rings. The first kappa shape index (κ1) is 38.2. The molecule has 0 fully saturated rings. The third-order valence-corrected chi connectivity index (χ3v) is 8.93. The monoisotopic (exact) mass is 718 g/mol. The summed E-state index contributed by atoms with van der Waals surface area (Å²) in [4.78, 5) is 90.8. The number of hydrogen-bond donors (Lipinski definition) is 7. The van der Waals surface area contributed by atoms with Gasteiger partial charge in [-0.3, -0.25) is 33.6 Å². The predicted octanol–water partition coefficient (Wildman–Crippen LogP) is 1.45. The van der Waals surface area contributed by atoms with E-state index in [2.05, 4.69) is 31.9 Å². The largest absolute Gasteiger partial charge is 0.481 e. The number of aryl methyl sites for hydroxylation is 1. The van der Waals surface area contributed by atoms with Crippen molar-refractivity contribution in [3.8, 4) is 0 Å². The van der Waals surface area contributed by atoms with Gasteiger partial charge < -0.3 is 37.0 Å². The second kappa shape index (κ2) is 19.6. The Bertz CT molecular complexity index is 1670. The number of carbonyl (C=O) groups excluding carboxylic acids is 6. The first-order valence-corrected chi connectivity index (χ1v) is 17.5. The van der Waals surface area contributed by atoms with Crippen molar-refractivity contribution in [2.24, 2.45) is 0 Å². The molecule has 3 atom stereocenters. The van der Waals surface area contributed by atoms with E-state index in [1.165, 1.54) is 11.3 Å². The molecule has 0 aliphatic carbocycles. The molecule has 2 bridgehead atoms. The number of benzene rings is 2. The number of thiophene rings is 1. The second-order valence-corrected chi connectivity index (χ2v) is 13.1. The van der Waals surface area contributed by atoms with Gasteiger partial charge in [-0.25, -0.2) is 0 Å². The molecule has 2 aliphatic rings. The van der Waals surface area contributed by atoms with Gasteiger partial charge in [0.2, 0.25) is 35.4 Å². The van der Waals surface area contributed by atoms with Gasteiger partial charge in [-0.2, -0.15) is 0 Å². The quantitative estimate of drug-likeness (QED) is 0.120. The number of rotatable bonds is 10. The Kier molecular flexibility index (Phi) is 14.7. The number of carboxylic acid groups (broad SMARTS) is 1. The van der Waals surface area contributed by atoms with E-state index in [1.54, 1.807) is 24.3 Å². The Morgan fingerprint density at radius 1 is 0.804 bits per heavy atom. The summed E-state index contributed by atoms with van der Waals surface area (Å²) >= 11 is 1.40. The molecule has 0 unspecified atom stereocenters. The molecular weight excluding hydrogens is 676 g/mol. The summed E-state index contributed by atoms with van der Waals surface area (Å²) in [6.45, 7) is -0.423. The highest BCUT2D eigenvalue weighted by molar-refractivity contribution is 7.09. The van der Waals surface area contributed by atoms with E-state index in [1.807, 2.05) is 47.8 Å². The van der Waals surface area contributed by atoms with Gasteiger partial charge in [0.25, 0.3) is 0 Å². The van der Waals surface area contributed by atoms with Gasteiger partial charge in [0.15, 0.2) is 0 Å². The zero-order valence-corrected chi connectivity index (χ0v) is 28.8. The number of fused-ring (bicyclic) bond motifs is 18. The van der Waals surface area contributed by atoms with Crippen molar-refractivity contribution >= 4 is 58.4 Å². The van der Waals surface area contributed by atoms with Crippen LogP contribution in [0.2, 0.25) is 0 Å². The number of aliphatic carboxylic acids is 1. The van der Waals surface area contributed by atoms with E-state index in [0.717, 1.165) is 10.4 Å². The van der Waals surface area contributed by atoms with E-state index in [0.29, 0.717) is 17.7 Å². The molecule has 0 radical (unpaired) electrons.